The summed E-state index contributed by atoms with van der Waals surface area (Å²) in [7, 11) is -3.54. The Hall–Kier alpha value is -3.27. The maximum absolute atomic E-state index is 13.7. The highest BCUT2D eigenvalue weighted by atomic mass is 35.5. The molecule has 0 amide bonds. The lowest BCUT2D eigenvalue weighted by Crippen LogP contribution is -2.51. The van der Waals surface area contributed by atoms with Gasteiger partial charge in [-0.05, 0) is 23.3 Å². The molecule has 34 heavy (non-hydrogen) atoms. The number of hydrogen-bond donors (Lipinski definition) is 2. The smallest absolute Gasteiger partial charge is 0.314 e. The van der Waals surface area contributed by atoms with Crippen LogP contribution in [0.2, 0.25) is 5.02 Å². The number of sulfone groups is 1. The minimum absolute atomic E-state index is 0.0169. The molecule has 1 aromatic heterocycles. The van der Waals surface area contributed by atoms with Crippen LogP contribution >= 0.6 is 11.6 Å². The van der Waals surface area contributed by atoms with Gasteiger partial charge in [-0.25, -0.2) is 8.42 Å². The van der Waals surface area contributed by atoms with Crippen LogP contribution in [0.4, 0.5) is 0 Å². The van der Waals surface area contributed by atoms with E-state index in [1.807, 2.05) is 0 Å². The van der Waals surface area contributed by atoms with Gasteiger partial charge in [0.15, 0.2) is 21.2 Å². The summed E-state index contributed by atoms with van der Waals surface area (Å²) in [5.41, 5.74) is -3.88. The minimum Gasteiger partial charge on any atom is -0.481 e. The van der Waals surface area contributed by atoms with Gasteiger partial charge < -0.3 is 14.9 Å². The number of aromatic nitrogens is 1. The maximum atomic E-state index is 13.7. The van der Waals surface area contributed by atoms with Gasteiger partial charge in [0.25, 0.3) is 0 Å². The molecular weight excluding hydrogens is 482 g/mol. The first kappa shape index (κ1) is 22.5. The van der Waals surface area contributed by atoms with E-state index in [0.29, 0.717) is 5.56 Å². The quantitative estimate of drug-likeness (QED) is 0.524. The largest absolute Gasteiger partial charge is 0.481 e. The number of carboxylic acid groups (broad SMARTS) is 1. The predicted molar refractivity (Wildman–Crippen MR) is 120 cm³/mol. The monoisotopic (exact) mass is 499 g/mol. The molecule has 174 valence electrons. The number of halogens is 1. The summed E-state index contributed by atoms with van der Waals surface area (Å²) in [5, 5.41) is 22.3. The minimum atomic E-state index is -3.54. The molecule has 1 fully saturated rings. The van der Waals surface area contributed by atoms with Crippen LogP contribution in [0.3, 0.4) is 0 Å². The van der Waals surface area contributed by atoms with Crippen molar-refractivity contribution in [2.45, 2.75) is 22.0 Å². The topological polar surface area (TPSA) is 131 Å². The third kappa shape index (κ3) is 2.87. The van der Waals surface area contributed by atoms with Crippen molar-refractivity contribution in [1.82, 2.24) is 4.98 Å². The first-order valence-corrected chi connectivity index (χ1v) is 12.5. The van der Waals surface area contributed by atoms with Crippen LogP contribution in [0, 0.1) is 5.92 Å². The van der Waals surface area contributed by atoms with Gasteiger partial charge in [0.1, 0.15) is 17.4 Å². The lowest BCUT2D eigenvalue weighted by atomic mass is 9.71. The molecule has 4 atom stereocenters. The van der Waals surface area contributed by atoms with Crippen LogP contribution in [0.15, 0.2) is 71.8 Å². The maximum Gasteiger partial charge on any atom is 0.314 e. The predicted octanol–water partition coefficient (Wildman–Crippen LogP) is 2.68. The molecule has 1 saturated carbocycles. The van der Waals surface area contributed by atoms with E-state index >= 15 is 0 Å². The van der Waals surface area contributed by atoms with Gasteiger partial charge >= 0.3 is 5.97 Å². The number of aliphatic carboxylic acids is 1. The molecule has 1 aliphatic heterocycles. The van der Waals surface area contributed by atoms with Crippen molar-refractivity contribution >= 4 is 33.2 Å². The Morgan fingerprint density at radius 2 is 1.76 bits per heavy atom. The summed E-state index contributed by atoms with van der Waals surface area (Å²) in [6.07, 6.45) is 2.29. The summed E-state index contributed by atoms with van der Waals surface area (Å²) >= 11 is 6.09. The molecule has 0 saturated heterocycles. The number of fused-ring (bicyclic) bond motifs is 3. The fraction of sp³-hybridized carbons (Fsp3) is 0.208. The zero-order valence-corrected chi connectivity index (χ0v) is 19.2. The van der Waals surface area contributed by atoms with Gasteiger partial charge in [-0.3, -0.25) is 14.6 Å². The van der Waals surface area contributed by atoms with Crippen LogP contribution < -0.4 is 4.74 Å². The fourth-order valence-corrected chi connectivity index (χ4v) is 5.91. The number of hydrogen-bond acceptors (Lipinski definition) is 7. The van der Waals surface area contributed by atoms with Crippen molar-refractivity contribution in [3.63, 3.8) is 0 Å². The summed E-state index contributed by atoms with van der Waals surface area (Å²) in [6, 6.07) is 15.3. The second kappa shape index (κ2) is 7.36. The van der Waals surface area contributed by atoms with Gasteiger partial charge in [0.05, 0.1) is 15.8 Å². The zero-order chi connectivity index (χ0) is 24.5. The molecule has 0 bridgehead atoms. The fourth-order valence-electron chi connectivity index (χ4n) is 5.13. The van der Waals surface area contributed by atoms with Crippen molar-refractivity contribution < 1.29 is 33.0 Å². The molecule has 3 aromatic rings. The number of nitrogens with zero attached hydrogens (tertiary/aromatic N) is 1. The highest BCUT2D eigenvalue weighted by Crippen LogP contribution is 2.66. The molecule has 2 aliphatic rings. The number of carbonyl (C=O) groups excluding carboxylic acids is 1. The van der Waals surface area contributed by atoms with E-state index in [1.165, 1.54) is 36.5 Å². The number of pyridine rings is 1. The van der Waals surface area contributed by atoms with E-state index in [1.54, 1.807) is 30.3 Å². The van der Waals surface area contributed by atoms with Crippen LogP contribution in [0.1, 0.15) is 22.7 Å². The summed E-state index contributed by atoms with van der Waals surface area (Å²) < 4.78 is 30.3. The van der Waals surface area contributed by atoms with Crippen molar-refractivity contribution in [3.05, 3.63) is 88.7 Å². The molecule has 1 aliphatic carbocycles. The SMILES string of the molecule is CS(=O)(=O)c1ccc([C@@]23Oc4cc(Cl)cnc4[C@]2(O)C(=O)[C@H](C(=O)O)[C@H]3c2ccccc2)cc1. The van der Waals surface area contributed by atoms with Crippen LogP contribution in [0.25, 0.3) is 0 Å². The Balaban J connectivity index is 1.86. The molecular formula is C24H18ClNO7S. The average molecular weight is 500 g/mol. The summed E-state index contributed by atoms with van der Waals surface area (Å²) in [5.74, 6) is -5.18. The van der Waals surface area contributed by atoms with Crippen LogP contribution in [0.5, 0.6) is 5.75 Å². The number of carbonyl (C=O) groups is 2. The van der Waals surface area contributed by atoms with Gasteiger partial charge in [0, 0.05) is 18.5 Å². The molecule has 2 N–H and O–H groups in total. The number of benzene rings is 2. The molecule has 2 heterocycles. The van der Waals surface area contributed by atoms with E-state index in [2.05, 4.69) is 4.98 Å². The summed E-state index contributed by atoms with van der Waals surface area (Å²) in [4.78, 5) is 30.3. The Kier molecular flexibility index (Phi) is 4.88. The number of ketones is 1. The van der Waals surface area contributed by atoms with Gasteiger partial charge in [0.2, 0.25) is 5.60 Å². The molecule has 8 nitrogen and oxygen atoms in total. The highest BCUT2D eigenvalue weighted by Gasteiger charge is 2.78. The average Bonchev–Trinajstić information content (AvgIpc) is 3.16. The van der Waals surface area contributed by atoms with Crippen molar-refractivity contribution in [2.24, 2.45) is 5.92 Å². The molecule has 0 unspecified atom stereocenters. The number of aliphatic hydroxyl groups is 1. The number of rotatable bonds is 4. The standard InChI is InChI=1S/C24H18ClNO7S/c1-34(31,32)16-9-7-14(8-10-16)24-19(13-5-3-2-4-6-13)18(22(28)29)21(27)23(24,30)20-17(33-24)11-15(25)12-26-20/h2-12,18-19,30H,1H3,(H,28,29)/t18-,19-,23+,24+/m1/s1. The second-order valence-electron chi connectivity index (χ2n) is 8.41. The first-order chi connectivity index (χ1) is 16.0. The molecule has 5 rings (SSSR count). The van der Waals surface area contributed by atoms with E-state index in [0.717, 1.165) is 6.26 Å². The van der Waals surface area contributed by atoms with E-state index in [-0.39, 0.29) is 26.9 Å². The van der Waals surface area contributed by atoms with Crippen molar-refractivity contribution in [1.29, 1.82) is 0 Å². The van der Waals surface area contributed by atoms with Crippen LogP contribution in [-0.4, -0.2) is 41.6 Å². The Morgan fingerprint density at radius 1 is 1.12 bits per heavy atom. The number of ether oxygens (including phenoxy) is 1. The number of Topliss-reactive ketones (excluding diaryl/α,β-unsaturated/α-hetero) is 1. The highest BCUT2D eigenvalue weighted by molar-refractivity contribution is 7.90. The lowest BCUT2D eigenvalue weighted by Gasteiger charge is -2.38. The number of carboxylic acids is 1. The Morgan fingerprint density at radius 3 is 2.35 bits per heavy atom. The zero-order valence-electron chi connectivity index (χ0n) is 17.7. The molecule has 0 spiro atoms. The van der Waals surface area contributed by atoms with Crippen LogP contribution in [-0.2, 0) is 30.6 Å². The van der Waals surface area contributed by atoms with Gasteiger partial charge in [-0.15, -0.1) is 0 Å². The molecule has 10 heteroatoms. The van der Waals surface area contributed by atoms with Gasteiger partial charge in [-0.1, -0.05) is 54.1 Å². The molecule has 0 radical (unpaired) electrons. The second-order valence-corrected chi connectivity index (χ2v) is 10.9. The first-order valence-electron chi connectivity index (χ1n) is 10.2. The third-order valence-electron chi connectivity index (χ3n) is 6.52. The van der Waals surface area contributed by atoms with E-state index < -0.39 is 44.6 Å². The van der Waals surface area contributed by atoms with Gasteiger partial charge in [-0.2, -0.15) is 0 Å². The van der Waals surface area contributed by atoms with Crippen molar-refractivity contribution in [3.8, 4) is 5.75 Å². The summed E-state index contributed by atoms with van der Waals surface area (Å²) in [6.45, 7) is 0. The van der Waals surface area contributed by atoms with E-state index in [4.69, 9.17) is 16.3 Å². The normalized spacial score (nSPS) is 27.7. The lowest BCUT2D eigenvalue weighted by molar-refractivity contribution is -0.154. The Labute approximate surface area is 199 Å². The Bertz CT molecular complexity index is 1440. The molecule has 2 aromatic carbocycles. The van der Waals surface area contributed by atoms with Crippen molar-refractivity contribution in [2.75, 3.05) is 6.26 Å². The van der Waals surface area contributed by atoms with E-state index in [9.17, 15) is 28.2 Å². The third-order valence-corrected chi connectivity index (χ3v) is 7.85.